The molecule has 0 aliphatic heterocycles. The van der Waals surface area contributed by atoms with Gasteiger partial charge in [0.25, 0.3) is 0 Å². The lowest BCUT2D eigenvalue weighted by atomic mass is 10.0. The first-order valence-electron chi connectivity index (χ1n) is 9.44. The normalized spacial score (nSPS) is 12.7. The van der Waals surface area contributed by atoms with Crippen LogP contribution in [0.3, 0.4) is 0 Å². The summed E-state index contributed by atoms with van der Waals surface area (Å²) in [6, 6.07) is 11.5. The largest absolute Gasteiger partial charge is 0.368 e. The van der Waals surface area contributed by atoms with Gasteiger partial charge in [0.2, 0.25) is 21.8 Å². The standard InChI is InChI=1S/C21H26ClN3O4S/c1-14(2)12-20(21(23)27)25(30(28,29)19-10-6-17(22)7-11-19)13-16-4-8-18(9-5-16)24-15(3)26/h4-11,14,20H,12-13H2,1-3H3,(H2,23,27)(H,24,26)/t20-/m1/s1. The molecular weight excluding hydrogens is 426 g/mol. The summed E-state index contributed by atoms with van der Waals surface area (Å²) in [5.74, 6) is -0.871. The maximum Gasteiger partial charge on any atom is 0.244 e. The van der Waals surface area contributed by atoms with Crippen LogP contribution < -0.4 is 11.1 Å². The average Bonchev–Trinajstić information content (AvgIpc) is 2.65. The molecule has 30 heavy (non-hydrogen) atoms. The van der Waals surface area contributed by atoms with E-state index in [1.54, 1.807) is 24.3 Å². The summed E-state index contributed by atoms with van der Waals surface area (Å²) in [5, 5.41) is 3.06. The molecule has 0 fully saturated rings. The van der Waals surface area contributed by atoms with Crippen molar-refractivity contribution in [2.24, 2.45) is 11.7 Å². The van der Waals surface area contributed by atoms with Crippen molar-refractivity contribution >= 4 is 39.1 Å². The van der Waals surface area contributed by atoms with Crippen molar-refractivity contribution in [3.8, 4) is 0 Å². The number of hydrogen-bond donors (Lipinski definition) is 2. The van der Waals surface area contributed by atoms with E-state index in [0.29, 0.717) is 16.3 Å². The molecule has 7 nitrogen and oxygen atoms in total. The molecule has 0 heterocycles. The molecule has 162 valence electrons. The number of sulfonamides is 1. The number of nitrogens with zero attached hydrogens (tertiary/aromatic N) is 1. The maximum atomic E-state index is 13.4. The molecule has 0 aliphatic rings. The van der Waals surface area contributed by atoms with Gasteiger partial charge in [-0.05, 0) is 54.3 Å². The first-order valence-corrected chi connectivity index (χ1v) is 11.3. The van der Waals surface area contributed by atoms with E-state index in [1.165, 1.54) is 31.2 Å². The minimum absolute atomic E-state index is 0.0248. The van der Waals surface area contributed by atoms with Gasteiger partial charge in [0.1, 0.15) is 6.04 Å². The Morgan fingerprint density at radius 1 is 1.07 bits per heavy atom. The van der Waals surface area contributed by atoms with Crippen LogP contribution in [0, 0.1) is 5.92 Å². The Hall–Kier alpha value is -2.42. The van der Waals surface area contributed by atoms with Crippen molar-refractivity contribution in [3.05, 3.63) is 59.1 Å². The van der Waals surface area contributed by atoms with E-state index in [4.69, 9.17) is 17.3 Å². The molecule has 3 N–H and O–H groups in total. The number of nitrogens with one attached hydrogen (secondary N) is 1. The molecule has 1 atom stereocenters. The van der Waals surface area contributed by atoms with Crippen molar-refractivity contribution in [1.29, 1.82) is 0 Å². The first-order chi connectivity index (χ1) is 14.0. The van der Waals surface area contributed by atoms with E-state index in [-0.39, 0.29) is 29.7 Å². The summed E-state index contributed by atoms with van der Waals surface area (Å²) in [7, 11) is -4.03. The van der Waals surface area contributed by atoms with Gasteiger partial charge in [0.15, 0.2) is 0 Å². The molecule has 0 aromatic heterocycles. The van der Waals surface area contributed by atoms with Gasteiger partial charge in [0.05, 0.1) is 4.90 Å². The number of carbonyl (C=O) groups is 2. The van der Waals surface area contributed by atoms with Crippen LogP contribution in [0.4, 0.5) is 5.69 Å². The Morgan fingerprint density at radius 2 is 1.63 bits per heavy atom. The number of anilines is 1. The van der Waals surface area contributed by atoms with Gasteiger partial charge in [-0.3, -0.25) is 9.59 Å². The summed E-state index contributed by atoms with van der Waals surface area (Å²) >= 11 is 5.89. The topological polar surface area (TPSA) is 110 Å². The van der Waals surface area contributed by atoms with E-state index in [0.717, 1.165) is 4.31 Å². The van der Waals surface area contributed by atoms with Crippen molar-refractivity contribution in [3.63, 3.8) is 0 Å². The molecule has 2 amide bonds. The smallest absolute Gasteiger partial charge is 0.244 e. The van der Waals surface area contributed by atoms with Gasteiger partial charge in [0, 0.05) is 24.2 Å². The molecule has 9 heteroatoms. The third kappa shape index (κ3) is 6.29. The summed E-state index contributed by atoms with van der Waals surface area (Å²) in [4.78, 5) is 23.4. The number of amides is 2. The van der Waals surface area contributed by atoms with Crippen LogP contribution in [-0.4, -0.2) is 30.6 Å². The second-order valence-corrected chi connectivity index (χ2v) is 9.76. The number of halogens is 1. The Balaban J connectivity index is 2.46. The fourth-order valence-electron chi connectivity index (χ4n) is 3.00. The van der Waals surface area contributed by atoms with Gasteiger partial charge in [-0.1, -0.05) is 37.6 Å². The van der Waals surface area contributed by atoms with Crippen LogP contribution in [-0.2, 0) is 26.2 Å². The second kappa shape index (κ2) is 10.1. The minimum atomic E-state index is -4.03. The third-order valence-electron chi connectivity index (χ3n) is 4.40. The zero-order valence-corrected chi connectivity index (χ0v) is 18.7. The minimum Gasteiger partial charge on any atom is -0.368 e. The molecule has 0 spiro atoms. The molecule has 0 unspecified atom stereocenters. The predicted octanol–water partition coefficient (Wildman–Crippen LogP) is 3.39. The van der Waals surface area contributed by atoms with Gasteiger partial charge < -0.3 is 11.1 Å². The van der Waals surface area contributed by atoms with Crippen LogP contribution in [0.2, 0.25) is 5.02 Å². The average molecular weight is 452 g/mol. The number of carbonyl (C=O) groups excluding carboxylic acids is 2. The molecular formula is C21H26ClN3O4S. The highest BCUT2D eigenvalue weighted by atomic mass is 35.5. The quantitative estimate of drug-likeness (QED) is 0.608. The zero-order valence-electron chi connectivity index (χ0n) is 17.1. The summed E-state index contributed by atoms with van der Waals surface area (Å²) in [5.41, 5.74) is 6.84. The summed E-state index contributed by atoms with van der Waals surface area (Å²) in [6.45, 7) is 5.14. The Labute approximate surface area is 182 Å². The fourth-order valence-corrected chi connectivity index (χ4v) is 4.72. The van der Waals surface area contributed by atoms with E-state index in [1.807, 2.05) is 13.8 Å². The third-order valence-corrected chi connectivity index (χ3v) is 6.52. The fraction of sp³-hybridized carbons (Fsp3) is 0.333. The molecule has 0 saturated carbocycles. The highest BCUT2D eigenvalue weighted by Gasteiger charge is 2.35. The van der Waals surface area contributed by atoms with E-state index in [2.05, 4.69) is 5.32 Å². The van der Waals surface area contributed by atoms with E-state index in [9.17, 15) is 18.0 Å². The maximum absolute atomic E-state index is 13.4. The van der Waals surface area contributed by atoms with Gasteiger partial charge in [-0.2, -0.15) is 4.31 Å². The van der Waals surface area contributed by atoms with Crippen LogP contribution >= 0.6 is 11.6 Å². The molecule has 0 bridgehead atoms. The Bertz CT molecular complexity index is 990. The summed E-state index contributed by atoms with van der Waals surface area (Å²) in [6.07, 6.45) is 0.284. The lowest BCUT2D eigenvalue weighted by molar-refractivity contribution is -0.122. The first kappa shape index (κ1) is 23.9. The molecule has 2 aromatic rings. The number of nitrogens with two attached hydrogens (primary N) is 1. The monoisotopic (exact) mass is 451 g/mol. The lowest BCUT2D eigenvalue weighted by Gasteiger charge is -2.30. The van der Waals surface area contributed by atoms with Gasteiger partial charge in [-0.25, -0.2) is 8.42 Å². The highest BCUT2D eigenvalue weighted by Crippen LogP contribution is 2.26. The molecule has 2 aromatic carbocycles. The van der Waals surface area contributed by atoms with Crippen molar-refractivity contribution in [1.82, 2.24) is 4.31 Å². The van der Waals surface area contributed by atoms with Crippen LogP contribution in [0.5, 0.6) is 0 Å². The number of benzene rings is 2. The lowest BCUT2D eigenvalue weighted by Crippen LogP contribution is -2.48. The van der Waals surface area contributed by atoms with Crippen LogP contribution in [0.25, 0.3) is 0 Å². The van der Waals surface area contributed by atoms with Gasteiger partial charge >= 0.3 is 0 Å². The number of hydrogen-bond acceptors (Lipinski definition) is 4. The second-order valence-electron chi connectivity index (χ2n) is 7.43. The SMILES string of the molecule is CC(=O)Nc1ccc(CN([C@H](CC(C)C)C(N)=O)S(=O)(=O)c2ccc(Cl)cc2)cc1. The molecule has 0 saturated heterocycles. The van der Waals surface area contributed by atoms with Crippen molar-refractivity contribution < 1.29 is 18.0 Å². The number of rotatable bonds is 9. The Kier molecular flexibility index (Phi) is 8.00. The molecule has 0 aliphatic carbocycles. The van der Waals surface area contributed by atoms with E-state index >= 15 is 0 Å². The number of primary amides is 1. The molecule has 0 radical (unpaired) electrons. The van der Waals surface area contributed by atoms with Crippen LogP contribution in [0.15, 0.2) is 53.4 Å². The Morgan fingerprint density at radius 3 is 2.10 bits per heavy atom. The predicted molar refractivity (Wildman–Crippen MR) is 117 cm³/mol. The summed E-state index contributed by atoms with van der Waals surface area (Å²) < 4.78 is 27.9. The van der Waals surface area contributed by atoms with Crippen molar-refractivity contribution in [2.45, 2.75) is 44.7 Å². The van der Waals surface area contributed by atoms with E-state index < -0.39 is 22.0 Å². The highest BCUT2D eigenvalue weighted by molar-refractivity contribution is 7.89. The van der Waals surface area contributed by atoms with Gasteiger partial charge in [-0.15, -0.1) is 0 Å². The molecule has 2 rings (SSSR count). The van der Waals surface area contributed by atoms with Crippen molar-refractivity contribution in [2.75, 3.05) is 5.32 Å². The zero-order chi connectivity index (χ0) is 22.5. The van der Waals surface area contributed by atoms with Crippen LogP contribution in [0.1, 0.15) is 32.8 Å².